The van der Waals surface area contributed by atoms with Crippen LogP contribution in [0.25, 0.3) is 0 Å². The number of nitrogens with one attached hydrogen (secondary N) is 1. The van der Waals surface area contributed by atoms with Crippen molar-refractivity contribution in [1.29, 1.82) is 0 Å². The number of hydrazone groups is 1. The SMILES string of the molecule is O=C(N/N=C\c1ccc([N+](=O)[O-])cc1)[C@@H]1Oc2ccccc2O[C@@H]1c1ccccc1. The van der Waals surface area contributed by atoms with Crippen LogP contribution < -0.4 is 14.9 Å². The minimum Gasteiger partial charge on any atom is -0.477 e. The van der Waals surface area contributed by atoms with E-state index in [0.29, 0.717) is 17.1 Å². The van der Waals surface area contributed by atoms with E-state index in [9.17, 15) is 14.9 Å². The van der Waals surface area contributed by atoms with Gasteiger partial charge in [0.15, 0.2) is 17.6 Å². The fraction of sp³-hybridized carbons (Fsp3) is 0.0909. The van der Waals surface area contributed by atoms with Crippen molar-refractivity contribution in [2.45, 2.75) is 12.2 Å². The molecule has 0 bridgehead atoms. The summed E-state index contributed by atoms with van der Waals surface area (Å²) in [6, 6.07) is 22.3. The van der Waals surface area contributed by atoms with Gasteiger partial charge in [-0.1, -0.05) is 42.5 Å². The average Bonchev–Trinajstić information content (AvgIpc) is 2.79. The van der Waals surface area contributed by atoms with Crippen molar-refractivity contribution in [2.75, 3.05) is 0 Å². The average molecular weight is 403 g/mol. The number of hydrogen-bond acceptors (Lipinski definition) is 6. The highest BCUT2D eigenvalue weighted by atomic mass is 16.6. The van der Waals surface area contributed by atoms with Crippen LogP contribution in [0, 0.1) is 10.1 Å². The molecule has 8 heteroatoms. The Balaban J connectivity index is 1.51. The number of fused-ring (bicyclic) bond motifs is 1. The van der Waals surface area contributed by atoms with Gasteiger partial charge in [-0.15, -0.1) is 0 Å². The predicted molar refractivity (Wildman–Crippen MR) is 110 cm³/mol. The third kappa shape index (κ3) is 4.12. The van der Waals surface area contributed by atoms with E-state index in [1.54, 1.807) is 18.2 Å². The Kier molecular flexibility index (Phi) is 5.38. The van der Waals surface area contributed by atoms with Gasteiger partial charge in [-0.05, 0) is 35.4 Å². The first-order valence-corrected chi connectivity index (χ1v) is 9.16. The van der Waals surface area contributed by atoms with Gasteiger partial charge in [0.1, 0.15) is 0 Å². The summed E-state index contributed by atoms with van der Waals surface area (Å²) in [5.74, 6) is 0.561. The summed E-state index contributed by atoms with van der Waals surface area (Å²) in [6.07, 6.45) is -0.191. The number of benzene rings is 3. The van der Waals surface area contributed by atoms with Gasteiger partial charge in [-0.3, -0.25) is 14.9 Å². The third-order valence-corrected chi connectivity index (χ3v) is 4.51. The van der Waals surface area contributed by atoms with Gasteiger partial charge in [0, 0.05) is 12.1 Å². The summed E-state index contributed by atoms with van der Waals surface area (Å²) in [6.45, 7) is 0. The van der Waals surface area contributed by atoms with Gasteiger partial charge < -0.3 is 9.47 Å². The fourth-order valence-corrected chi connectivity index (χ4v) is 3.03. The molecule has 3 aromatic rings. The van der Waals surface area contributed by atoms with Crippen LogP contribution in [0.4, 0.5) is 5.69 Å². The minimum atomic E-state index is -0.948. The standard InChI is InChI=1S/C22H17N3O5/c26-22(24-23-14-15-10-12-17(13-11-15)25(27)28)21-20(16-6-2-1-3-7-16)29-18-8-4-5-9-19(18)30-21/h1-14,20-21H,(H,24,26)/b23-14-/t20-,21-/m1/s1. The molecule has 3 aromatic carbocycles. The smallest absolute Gasteiger partial charge is 0.285 e. The third-order valence-electron chi connectivity index (χ3n) is 4.51. The van der Waals surface area contributed by atoms with Crippen molar-refractivity contribution in [3.63, 3.8) is 0 Å². The van der Waals surface area contributed by atoms with Gasteiger partial charge in [0.2, 0.25) is 6.10 Å². The first-order valence-electron chi connectivity index (χ1n) is 9.16. The van der Waals surface area contributed by atoms with Crippen molar-refractivity contribution in [1.82, 2.24) is 5.43 Å². The van der Waals surface area contributed by atoms with Crippen LogP contribution in [-0.2, 0) is 4.79 Å². The number of carbonyl (C=O) groups excluding carboxylic acids is 1. The highest BCUT2D eigenvalue weighted by Gasteiger charge is 2.38. The maximum absolute atomic E-state index is 12.8. The molecule has 0 aromatic heterocycles. The zero-order valence-corrected chi connectivity index (χ0v) is 15.7. The number of para-hydroxylation sites is 2. The number of nitro groups is 1. The molecule has 0 fully saturated rings. The maximum Gasteiger partial charge on any atom is 0.285 e. The predicted octanol–water partition coefficient (Wildman–Crippen LogP) is 3.63. The Hall–Kier alpha value is -4.20. The molecule has 0 spiro atoms. The number of amides is 1. The van der Waals surface area contributed by atoms with Gasteiger partial charge in [0.05, 0.1) is 11.1 Å². The number of ether oxygens (including phenoxy) is 2. The summed E-state index contributed by atoms with van der Waals surface area (Å²) < 4.78 is 12.0. The van der Waals surface area contributed by atoms with E-state index in [4.69, 9.17) is 9.47 Å². The molecule has 1 amide bonds. The fourth-order valence-electron chi connectivity index (χ4n) is 3.03. The van der Waals surface area contributed by atoms with E-state index in [2.05, 4.69) is 10.5 Å². The molecule has 0 saturated heterocycles. The largest absolute Gasteiger partial charge is 0.477 e. The topological polar surface area (TPSA) is 103 Å². The summed E-state index contributed by atoms with van der Waals surface area (Å²) in [5.41, 5.74) is 3.84. The second-order valence-corrected chi connectivity index (χ2v) is 6.52. The van der Waals surface area contributed by atoms with Gasteiger partial charge in [-0.2, -0.15) is 5.10 Å². The number of non-ortho nitro benzene ring substituents is 1. The summed E-state index contributed by atoms with van der Waals surface area (Å²) in [7, 11) is 0. The second kappa shape index (κ2) is 8.44. The molecule has 1 N–H and O–H groups in total. The zero-order chi connectivity index (χ0) is 20.9. The zero-order valence-electron chi connectivity index (χ0n) is 15.7. The van der Waals surface area contributed by atoms with Gasteiger partial charge in [-0.25, -0.2) is 5.43 Å². The Labute approximate surface area is 171 Å². The van der Waals surface area contributed by atoms with E-state index in [1.165, 1.54) is 30.5 Å². The first-order chi connectivity index (χ1) is 14.6. The van der Waals surface area contributed by atoms with Crippen LogP contribution in [-0.4, -0.2) is 23.1 Å². The summed E-state index contributed by atoms with van der Waals surface area (Å²) in [4.78, 5) is 23.0. The van der Waals surface area contributed by atoms with Gasteiger partial charge >= 0.3 is 0 Å². The molecule has 2 atom stereocenters. The molecular formula is C22H17N3O5. The maximum atomic E-state index is 12.8. The second-order valence-electron chi connectivity index (χ2n) is 6.52. The lowest BCUT2D eigenvalue weighted by molar-refractivity contribution is -0.384. The lowest BCUT2D eigenvalue weighted by atomic mass is 10.0. The number of nitrogens with zero attached hydrogens (tertiary/aromatic N) is 2. The van der Waals surface area contributed by atoms with Crippen molar-refractivity contribution in [3.05, 3.63) is 100 Å². The minimum absolute atomic E-state index is 0.0201. The Morgan fingerprint density at radius 2 is 1.57 bits per heavy atom. The normalized spacial score (nSPS) is 17.5. The molecule has 0 unspecified atom stereocenters. The number of rotatable bonds is 5. The number of carbonyl (C=O) groups is 1. The lowest BCUT2D eigenvalue weighted by Gasteiger charge is -2.32. The van der Waals surface area contributed by atoms with Crippen molar-refractivity contribution >= 4 is 17.8 Å². The van der Waals surface area contributed by atoms with Crippen LogP contribution in [0.5, 0.6) is 11.5 Å². The van der Waals surface area contributed by atoms with Crippen molar-refractivity contribution in [2.24, 2.45) is 5.10 Å². The molecule has 4 rings (SSSR count). The Morgan fingerprint density at radius 3 is 2.23 bits per heavy atom. The molecule has 1 heterocycles. The molecule has 0 aliphatic carbocycles. The molecule has 0 radical (unpaired) electrons. The Morgan fingerprint density at radius 1 is 0.933 bits per heavy atom. The van der Waals surface area contributed by atoms with Crippen LogP contribution in [0.3, 0.4) is 0 Å². The van der Waals surface area contributed by atoms with E-state index in [0.717, 1.165) is 5.56 Å². The van der Waals surface area contributed by atoms with Crippen LogP contribution >= 0.6 is 0 Å². The highest BCUT2D eigenvalue weighted by molar-refractivity contribution is 5.85. The first kappa shape index (κ1) is 19.1. The Bertz CT molecular complexity index is 1080. The summed E-state index contributed by atoms with van der Waals surface area (Å²) >= 11 is 0. The van der Waals surface area contributed by atoms with Crippen LogP contribution in [0.1, 0.15) is 17.2 Å². The monoisotopic (exact) mass is 403 g/mol. The highest BCUT2D eigenvalue weighted by Crippen LogP contribution is 2.39. The van der Waals surface area contributed by atoms with E-state index in [-0.39, 0.29) is 5.69 Å². The van der Waals surface area contributed by atoms with Crippen molar-refractivity contribution < 1.29 is 19.2 Å². The molecule has 1 aliphatic rings. The van der Waals surface area contributed by atoms with Crippen LogP contribution in [0.2, 0.25) is 0 Å². The molecule has 30 heavy (non-hydrogen) atoms. The van der Waals surface area contributed by atoms with Crippen molar-refractivity contribution in [3.8, 4) is 11.5 Å². The van der Waals surface area contributed by atoms with E-state index in [1.807, 2.05) is 36.4 Å². The number of hydrogen-bond donors (Lipinski definition) is 1. The molecule has 1 aliphatic heterocycles. The molecule has 0 saturated carbocycles. The molecule has 150 valence electrons. The van der Waals surface area contributed by atoms with E-state index >= 15 is 0 Å². The summed E-state index contributed by atoms with van der Waals surface area (Å²) in [5, 5.41) is 14.7. The quantitative estimate of drug-likeness (QED) is 0.398. The number of nitro benzene ring substituents is 1. The van der Waals surface area contributed by atoms with Gasteiger partial charge in [0.25, 0.3) is 11.6 Å². The lowest BCUT2D eigenvalue weighted by Crippen LogP contribution is -2.44. The molecule has 8 nitrogen and oxygen atoms in total. The van der Waals surface area contributed by atoms with Crippen LogP contribution in [0.15, 0.2) is 84.0 Å². The molecular weight excluding hydrogens is 386 g/mol. The van der Waals surface area contributed by atoms with E-state index < -0.39 is 23.0 Å².